The van der Waals surface area contributed by atoms with Gasteiger partial charge in [0, 0.05) is 22.5 Å². The average Bonchev–Trinajstić information content (AvgIpc) is 3.35. The summed E-state index contributed by atoms with van der Waals surface area (Å²) >= 11 is 5.77. The molecule has 0 unspecified atom stereocenters. The summed E-state index contributed by atoms with van der Waals surface area (Å²) < 4.78 is 53.6. The molecule has 4 aromatic rings. The van der Waals surface area contributed by atoms with Crippen molar-refractivity contribution in [2.75, 3.05) is 5.32 Å². The van der Waals surface area contributed by atoms with E-state index < -0.39 is 35.4 Å². The zero-order chi connectivity index (χ0) is 26.7. The molecule has 13 heteroatoms. The highest BCUT2D eigenvalue weighted by Crippen LogP contribution is 2.32. The summed E-state index contributed by atoms with van der Waals surface area (Å²) in [6.45, 7) is 1.57. The Bertz CT molecular complexity index is 1440. The quantitative estimate of drug-likeness (QED) is 0.332. The molecule has 4 rings (SSSR count). The molecule has 0 saturated heterocycles. The monoisotopic (exact) mass is 532 g/mol. The highest BCUT2D eigenvalue weighted by molar-refractivity contribution is 6.31. The lowest BCUT2D eigenvalue weighted by Crippen LogP contribution is -2.29. The lowest BCUT2D eigenvalue weighted by molar-refractivity contribution is -0.137. The Balaban J connectivity index is 1.48. The van der Waals surface area contributed by atoms with E-state index in [4.69, 9.17) is 11.6 Å². The number of benzene rings is 2. The van der Waals surface area contributed by atoms with Crippen molar-refractivity contribution in [3.63, 3.8) is 0 Å². The lowest BCUT2D eigenvalue weighted by Gasteiger charge is -2.15. The first kappa shape index (κ1) is 25.8. The molecule has 1 atom stereocenters. The van der Waals surface area contributed by atoms with Gasteiger partial charge in [0.25, 0.3) is 11.8 Å². The molecule has 8 nitrogen and oxygen atoms in total. The van der Waals surface area contributed by atoms with Crippen LogP contribution in [0.1, 0.15) is 45.1 Å². The third-order valence-corrected chi connectivity index (χ3v) is 5.34. The number of amides is 2. The number of nitrogens with zero attached hydrogens (tertiary/aromatic N) is 4. The van der Waals surface area contributed by atoms with Crippen molar-refractivity contribution in [1.82, 2.24) is 25.1 Å². The van der Waals surface area contributed by atoms with E-state index in [-0.39, 0.29) is 27.8 Å². The first-order valence-electron chi connectivity index (χ1n) is 10.6. The Kier molecular flexibility index (Phi) is 7.21. The smallest absolute Gasteiger partial charge is 0.342 e. The van der Waals surface area contributed by atoms with E-state index in [1.807, 2.05) is 0 Å². The fourth-order valence-electron chi connectivity index (χ4n) is 3.33. The Labute approximate surface area is 212 Å². The van der Waals surface area contributed by atoms with Crippen LogP contribution >= 0.6 is 11.6 Å². The first-order chi connectivity index (χ1) is 17.5. The molecule has 190 valence electrons. The van der Waals surface area contributed by atoms with Gasteiger partial charge in [0.2, 0.25) is 0 Å². The van der Waals surface area contributed by atoms with Crippen LogP contribution in [0, 0.1) is 5.82 Å². The first-order valence-corrected chi connectivity index (χ1v) is 11.0. The fourth-order valence-corrected chi connectivity index (χ4v) is 3.57. The molecule has 2 aromatic carbocycles. The second-order valence-corrected chi connectivity index (χ2v) is 8.25. The number of anilines is 1. The van der Waals surface area contributed by atoms with Crippen LogP contribution in [0.15, 0.2) is 67.1 Å². The Morgan fingerprint density at radius 1 is 0.973 bits per heavy atom. The SMILES string of the molecule is C[C@H](NC(=O)c1cc(Cl)cc(C(F)(F)F)c1)c1ncnn1-c1ccc(C(=O)Nc2ccc(F)cc2)cn1. The van der Waals surface area contributed by atoms with Crippen molar-refractivity contribution >= 4 is 29.1 Å². The Morgan fingerprint density at radius 3 is 2.35 bits per heavy atom. The molecule has 0 aliphatic heterocycles. The third kappa shape index (κ3) is 6.09. The summed E-state index contributed by atoms with van der Waals surface area (Å²) in [7, 11) is 0. The summed E-state index contributed by atoms with van der Waals surface area (Å²) in [5.41, 5.74) is -0.695. The number of aromatic nitrogens is 4. The number of hydrogen-bond donors (Lipinski definition) is 2. The van der Waals surface area contributed by atoms with E-state index in [0.717, 1.165) is 12.1 Å². The number of alkyl halides is 3. The summed E-state index contributed by atoms with van der Waals surface area (Å²) in [5.74, 6) is -1.19. The fraction of sp³-hybridized carbons (Fsp3) is 0.125. The average molecular weight is 533 g/mol. The molecule has 0 aliphatic carbocycles. The van der Waals surface area contributed by atoms with Crippen molar-refractivity contribution in [2.45, 2.75) is 19.1 Å². The van der Waals surface area contributed by atoms with E-state index in [1.54, 1.807) is 6.92 Å². The van der Waals surface area contributed by atoms with E-state index >= 15 is 0 Å². The van der Waals surface area contributed by atoms with Gasteiger partial charge in [-0.3, -0.25) is 9.59 Å². The maximum atomic E-state index is 13.1. The molecule has 0 spiro atoms. The Morgan fingerprint density at radius 2 is 1.70 bits per heavy atom. The highest BCUT2D eigenvalue weighted by atomic mass is 35.5. The molecule has 2 aromatic heterocycles. The predicted molar refractivity (Wildman–Crippen MR) is 126 cm³/mol. The van der Waals surface area contributed by atoms with Gasteiger partial charge in [0.1, 0.15) is 12.1 Å². The van der Waals surface area contributed by atoms with Gasteiger partial charge in [0.15, 0.2) is 11.6 Å². The molecular formula is C24H17ClF4N6O2. The highest BCUT2D eigenvalue weighted by Gasteiger charge is 2.32. The molecule has 0 aliphatic rings. The van der Waals surface area contributed by atoms with Crippen molar-refractivity contribution in [3.8, 4) is 5.82 Å². The van der Waals surface area contributed by atoms with Gasteiger partial charge < -0.3 is 10.6 Å². The van der Waals surface area contributed by atoms with Gasteiger partial charge in [-0.25, -0.2) is 14.4 Å². The molecule has 2 amide bonds. The summed E-state index contributed by atoms with van der Waals surface area (Å²) in [6.07, 6.45) is -2.15. The molecule has 0 radical (unpaired) electrons. The zero-order valence-electron chi connectivity index (χ0n) is 18.9. The van der Waals surface area contributed by atoms with Gasteiger partial charge in [-0.1, -0.05) is 11.6 Å². The molecule has 2 heterocycles. The second kappa shape index (κ2) is 10.3. The predicted octanol–water partition coefficient (Wildman–Crippen LogP) is 5.22. The minimum absolute atomic E-state index is 0.220. The molecular weight excluding hydrogens is 516 g/mol. The van der Waals surface area contributed by atoms with Crippen molar-refractivity contribution in [3.05, 3.63) is 100 Å². The van der Waals surface area contributed by atoms with Crippen LogP contribution in [0.25, 0.3) is 5.82 Å². The van der Waals surface area contributed by atoms with Crippen molar-refractivity contribution in [2.24, 2.45) is 0 Å². The van der Waals surface area contributed by atoms with Crippen LogP contribution in [0.5, 0.6) is 0 Å². The van der Waals surface area contributed by atoms with Gasteiger partial charge >= 0.3 is 6.18 Å². The van der Waals surface area contributed by atoms with E-state index in [9.17, 15) is 27.2 Å². The van der Waals surface area contributed by atoms with E-state index in [0.29, 0.717) is 11.8 Å². The third-order valence-electron chi connectivity index (χ3n) is 5.13. The number of carbonyl (C=O) groups excluding carboxylic acids is 2. The number of carbonyl (C=O) groups is 2. The van der Waals surface area contributed by atoms with Crippen molar-refractivity contribution in [1.29, 1.82) is 0 Å². The maximum absolute atomic E-state index is 13.1. The van der Waals surface area contributed by atoms with Crippen molar-refractivity contribution < 1.29 is 27.2 Å². The van der Waals surface area contributed by atoms with E-state index in [1.165, 1.54) is 53.6 Å². The van der Waals surface area contributed by atoms with Gasteiger partial charge in [-0.15, -0.1) is 0 Å². The maximum Gasteiger partial charge on any atom is 0.416 e. The summed E-state index contributed by atoms with van der Waals surface area (Å²) in [5, 5.41) is 9.04. The molecule has 37 heavy (non-hydrogen) atoms. The topological polar surface area (TPSA) is 102 Å². The van der Waals surface area contributed by atoms with Gasteiger partial charge in [-0.05, 0) is 61.5 Å². The molecule has 0 bridgehead atoms. The van der Waals surface area contributed by atoms with Crippen LogP contribution in [-0.2, 0) is 6.18 Å². The minimum atomic E-state index is -4.67. The van der Waals surface area contributed by atoms with Gasteiger partial charge in [0.05, 0.1) is 17.2 Å². The molecule has 0 fully saturated rings. The number of halogens is 5. The van der Waals surface area contributed by atoms with Crippen LogP contribution in [0.3, 0.4) is 0 Å². The molecule has 0 saturated carbocycles. The normalized spacial score (nSPS) is 12.2. The zero-order valence-corrected chi connectivity index (χ0v) is 19.7. The minimum Gasteiger partial charge on any atom is -0.342 e. The Hall–Kier alpha value is -4.32. The number of rotatable bonds is 6. The largest absolute Gasteiger partial charge is 0.416 e. The second-order valence-electron chi connectivity index (χ2n) is 7.82. The lowest BCUT2D eigenvalue weighted by atomic mass is 10.1. The number of pyridine rings is 1. The van der Waals surface area contributed by atoms with Gasteiger partial charge in [-0.2, -0.15) is 23.0 Å². The van der Waals surface area contributed by atoms with Crippen LogP contribution in [0.4, 0.5) is 23.2 Å². The van der Waals surface area contributed by atoms with Crippen LogP contribution in [0.2, 0.25) is 5.02 Å². The standard InChI is InChI=1S/C24H17ClF4N6O2/c1-13(33-23(37)15-8-16(24(27,28)29)10-17(25)9-15)21-31-12-32-35(21)20-7-2-14(11-30-20)22(36)34-19-5-3-18(26)4-6-19/h2-13H,1H3,(H,33,37)(H,34,36)/t13-/m0/s1. The summed E-state index contributed by atoms with van der Waals surface area (Å²) in [4.78, 5) is 33.4. The van der Waals surface area contributed by atoms with E-state index in [2.05, 4.69) is 25.7 Å². The summed E-state index contributed by atoms with van der Waals surface area (Å²) in [6, 6.07) is 10.0. The number of hydrogen-bond acceptors (Lipinski definition) is 5. The van der Waals surface area contributed by atoms with Crippen LogP contribution < -0.4 is 10.6 Å². The molecule has 2 N–H and O–H groups in total. The van der Waals surface area contributed by atoms with Crippen LogP contribution in [-0.4, -0.2) is 31.6 Å². The number of nitrogens with one attached hydrogen (secondary N) is 2.